The number of aryl methyl sites for hydroxylation is 2. The van der Waals surface area contributed by atoms with E-state index in [1.165, 1.54) is 0 Å². The van der Waals surface area contributed by atoms with Crippen molar-refractivity contribution in [2.45, 2.75) is 45.6 Å². The molecule has 3 aromatic carbocycles. The van der Waals surface area contributed by atoms with E-state index >= 15 is 0 Å². The van der Waals surface area contributed by atoms with Gasteiger partial charge < -0.3 is 16.6 Å². The number of benzene rings is 3. The third-order valence-corrected chi connectivity index (χ3v) is 10.4. The molecule has 0 aliphatic heterocycles. The Morgan fingerprint density at radius 1 is 0.744 bits per heavy atom. The van der Waals surface area contributed by atoms with E-state index in [0.717, 1.165) is 93.6 Å². The van der Waals surface area contributed by atoms with E-state index in [2.05, 4.69) is 40.8 Å². The molecule has 5 N–H and O–H groups in total. The highest BCUT2D eigenvalue weighted by Crippen LogP contribution is 2.41. The van der Waals surface area contributed by atoms with Gasteiger partial charge in [-0.1, -0.05) is 60.1 Å². The lowest BCUT2D eigenvalue weighted by molar-refractivity contribution is 0.222. The van der Waals surface area contributed by atoms with E-state index in [9.17, 15) is 5.11 Å². The molecule has 4 aromatic heterocycles. The number of hydrogen-bond acceptors (Lipinski definition) is 9. The zero-order chi connectivity index (χ0) is 29.8. The number of halogens is 1. The molecule has 10 heteroatoms. The Labute approximate surface area is 264 Å². The first kappa shape index (κ1) is 28.1. The Morgan fingerprint density at radius 3 is 2.09 bits per heavy atom. The molecule has 1 unspecified atom stereocenters. The zero-order valence-corrected chi connectivity index (χ0v) is 26.9. The summed E-state index contributed by atoms with van der Waals surface area (Å²) < 4.78 is 2.89. The lowest BCUT2D eigenvalue weighted by Gasteiger charge is -2.19. The van der Waals surface area contributed by atoms with E-state index in [1.54, 1.807) is 22.7 Å². The SMILES string of the molecule is CCCc1nc2c(N)nc3ccc(-c4ccccc4C(O)c4cc(Br)cc5c4nc(N)c4nc(CCC)sc45)cc3c2s1. The quantitative estimate of drug-likeness (QED) is 0.155. The van der Waals surface area contributed by atoms with Crippen molar-refractivity contribution in [2.24, 2.45) is 0 Å². The first-order valence-corrected chi connectivity index (χ1v) is 16.7. The monoisotopic (exact) mass is 668 g/mol. The van der Waals surface area contributed by atoms with Crippen LogP contribution in [-0.4, -0.2) is 25.0 Å². The lowest BCUT2D eigenvalue weighted by Crippen LogP contribution is -2.05. The van der Waals surface area contributed by atoms with Crippen molar-refractivity contribution in [2.75, 3.05) is 11.5 Å². The minimum absolute atomic E-state index is 0.377. The normalized spacial score (nSPS) is 12.7. The van der Waals surface area contributed by atoms with Gasteiger partial charge in [0.15, 0.2) is 11.6 Å². The predicted molar refractivity (Wildman–Crippen MR) is 184 cm³/mol. The van der Waals surface area contributed by atoms with Crippen LogP contribution in [0.4, 0.5) is 11.6 Å². The third kappa shape index (κ3) is 4.82. The highest BCUT2D eigenvalue weighted by Gasteiger charge is 2.23. The van der Waals surface area contributed by atoms with Crippen LogP contribution in [0.15, 0.2) is 59.1 Å². The second-order valence-electron chi connectivity index (χ2n) is 10.7. The van der Waals surface area contributed by atoms with Gasteiger partial charge in [-0.05, 0) is 66.6 Å². The van der Waals surface area contributed by atoms with Crippen LogP contribution < -0.4 is 11.5 Å². The number of thiazole rings is 2. The van der Waals surface area contributed by atoms with Crippen molar-refractivity contribution in [1.29, 1.82) is 0 Å². The number of hydrogen-bond donors (Lipinski definition) is 3. The maximum absolute atomic E-state index is 12.0. The highest BCUT2D eigenvalue weighted by molar-refractivity contribution is 9.10. The molecule has 0 aliphatic carbocycles. The summed E-state index contributed by atoms with van der Waals surface area (Å²) in [5.41, 5.74) is 19.1. The first-order valence-electron chi connectivity index (χ1n) is 14.3. The Balaban J connectivity index is 1.39. The fourth-order valence-corrected chi connectivity index (χ4v) is 8.58. The van der Waals surface area contributed by atoms with Crippen LogP contribution in [0.5, 0.6) is 0 Å². The average Bonchev–Trinajstić information content (AvgIpc) is 3.63. The van der Waals surface area contributed by atoms with Crippen molar-refractivity contribution < 1.29 is 5.11 Å². The fourth-order valence-electron chi connectivity index (χ4n) is 5.71. The number of anilines is 2. The van der Waals surface area contributed by atoms with E-state index in [0.29, 0.717) is 22.7 Å². The molecule has 0 fully saturated rings. The van der Waals surface area contributed by atoms with Crippen molar-refractivity contribution in [3.63, 3.8) is 0 Å². The van der Waals surface area contributed by atoms with Crippen LogP contribution in [0.25, 0.3) is 53.4 Å². The molecule has 0 bridgehead atoms. The summed E-state index contributed by atoms with van der Waals surface area (Å²) in [5, 5.41) is 16.1. The Morgan fingerprint density at radius 2 is 1.40 bits per heavy atom. The molecule has 0 saturated carbocycles. The van der Waals surface area contributed by atoms with Gasteiger partial charge in [0.25, 0.3) is 0 Å². The van der Waals surface area contributed by atoms with Crippen molar-refractivity contribution in [3.8, 4) is 11.1 Å². The second-order valence-corrected chi connectivity index (χ2v) is 13.8. The zero-order valence-electron chi connectivity index (χ0n) is 23.7. The first-order chi connectivity index (χ1) is 20.9. The highest BCUT2D eigenvalue weighted by atomic mass is 79.9. The van der Waals surface area contributed by atoms with Gasteiger partial charge in [-0.3, -0.25) is 0 Å². The molecule has 0 aliphatic rings. The smallest absolute Gasteiger partial charge is 0.151 e. The van der Waals surface area contributed by atoms with Crippen LogP contribution in [0.1, 0.15) is 53.9 Å². The van der Waals surface area contributed by atoms with Crippen LogP contribution >= 0.6 is 38.6 Å². The number of rotatable bonds is 7. The van der Waals surface area contributed by atoms with Crippen LogP contribution in [0.3, 0.4) is 0 Å². The standard InChI is InChI=1S/C33H29BrN6OS2/c1-3-7-24-38-27-30(42-24)20-13-16(11-12-23(20)37-32(27)35)18-9-5-6-10-19(18)29(41)21-14-17(34)15-22-26(21)40-33(36)28-31(22)43-25(39-28)8-4-2/h5-6,9-15,29,41H,3-4,7-8H2,1-2H3,(H2,35,37)(H2,36,40). The van der Waals surface area contributed by atoms with Crippen molar-refractivity contribution in [1.82, 2.24) is 19.9 Å². The molecule has 43 heavy (non-hydrogen) atoms. The maximum atomic E-state index is 12.0. The summed E-state index contributed by atoms with van der Waals surface area (Å²) in [6.07, 6.45) is 2.85. The van der Waals surface area contributed by atoms with Gasteiger partial charge in [0.1, 0.15) is 17.1 Å². The topological polar surface area (TPSA) is 124 Å². The summed E-state index contributed by atoms with van der Waals surface area (Å²) in [5.74, 6) is 0.831. The fraction of sp³-hybridized carbons (Fsp3) is 0.212. The summed E-state index contributed by atoms with van der Waals surface area (Å²) in [4.78, 5) is 19.0. The van der Waals surface area contributed by atoms with Crippen LogP contribution in [0.2, 0.25) is 0 Å². The van der Waals surface area contributed by atoms with Gasteiger partial charge >= 0.3 is 0 Å². The summed E-state index contributed by atoms with van der Waals surface area (Å²) in [6.45, 7) is 4.29. The molecule has 0 amide bonds. The average molecular weight is 670 g/mol. The second kappa shape index (κ2) is 11.1. The molecule has 216 valence electrons. The predicted octanol–water partition coefficient (Wildman–Crippen LogP) is 8.58. The minimum Gasteiger partial charge on any atom is -0.384 e. The Kier molecular flexibility index (Phi) is 7.25. The van der Waals surface area contributed by atoms with E-state index in [-0.39, 0.29) is 0 Å². The molecule has 7 rings (SSSR count). The third-order valence-electron chi connectivity index (χ3n) is 7.68. The molecule has 4 heterocycles. The molecule has 0 saturated heterocycles. The number of fused-ring (bicyclic) bond motifs is 6. The number of aliphatic hydroxyl groups excluding tert-OH is 1. The van der Waals surface area contributed by atoms with Gasteiger partial charge in [-0.2, -0.15) is 0 Å². The van der Waals surface area contributed by atoms with Gasteiger partial charge in [0, 0.05) is 20.8 Å². The Hall–Kier alpha value is -3.70. The minimum atomic E-state index is -0.955. The molecule has 7 aromatic rings. The van der Waals surface area contributed by atoms with E-state index < -0.39 is 6.10 Å². The molecular formula is C33H29BrN6OS2. The summed E-state index contributed by atoms with van der Waals surface area (Å²) in [6, 6.07) is 18.1. The van der Waals surface area contributed by atoms with Gasteiger partial charge in [0.2, 0.25) is 0 Å². The lowest BCUT2D eigenvalue weighted by atomic mass is 9.91. The number of nitrogen functional groups attached to an aromatic ring is 2. The maximum Gasteiger partial charge on any atom is 0.151 e. The molecular weight excluding hydrogens is 640 g/mol. The molecule has 0 radical (unpaired) electrons. The van der Waals surface area contributed by atoms with Crippen molar-refractivity contribution >= 4 is 92.5 Å². The van der Waals surface area contributed by atoms with Gasteiger partial charge in [-0.25, -0.2) is 19.9 Å². The Bertz CT molecular complexity index is 2190. The number of aromatic nitrogens is 4. The molecule has 0 spiro atoms. The number of aliphatic hydroxyl groups is 1. The number of nitrogens with zero attached hydrogens (tertiary/aromatic N) is 4. The number of pyridine rings is 2. The number of nitrogens with two attached hydrogens (primary N) is 2. The summed E-state index contributed by atoms with van der Waals surface area (Å²) in [7, 11) is 0. The van der Waals surface area contributed by atoms with Crippen LogP contribution in [-0.2, 0) is 12.8 Å². The largest absolute Gasteiger partial charge is 0.384 e. The summed E-state index contributed by atoms with van der Waals surface area (Å²) >= 11 is 7.01. The van der Waals surface area contributed by atoms with Crippen molar-refractivity contribution in [3.05, 3.63) is 80.2 Å². The molecule has 1 atom stereocenters. The van der Waals surface area contributed by atoms with Crippen LogP contribution in [0, 0.1) is 0 Å². The molecule has 7 nitrogen and oxygen atoms in total. The van der Waals surface area contributed by atoms with E-state index in [4.69, 9.17) is 26.4 Å². The van der Waals surface area contributed by atoms with E-state index in [1.807, 2.05) is 48.5 Å². The van der Waals surface area contributed by atoms with Gasteiger partial charge in [-0.15, -0.1) is 22.7 Å². The van der Waals surface area contributed by atoms with Gasteiger partial charge in [0.05, 0.1) is 30.4 Å².